The Morgan fingerprint density at radius 1 is 1.07 bits per heavy atom. The third-order valence-electron chi connectivity index (χ3n) is 5.37. The molecule has 3 heterocycles. The maximum atomic E-state index is 12.4. The van der Waals surface area contributed by atoms with E-state index in [4.69, 9.17) is 18.7 Å². The molecule has 2 aliphatic heterocycles. The standard InChI is InChI=1S/C22H21N3O5/c26-20(13-27-17-4-2-1-3-5-17)25-10-8-15(9-11-25)22-23-21(24-30-22)16-6-7-18-19(12-16)29-14-28-18/h1-7,12,15H,8-11,13-14H2. The van der Waals surface area contributed by atoms with E-state index in [1.165, 1.54) is 0 Å². The average molecular weight is 407 g/mol. The number of para-hydroxylation sites is 1. The molecule has 1 amide bonds. The van der Waals surface area contributed by atoms with Crippen molar-refractivity contribution in [3.8, 4) is 28.6 Å². The molecule has 5 rings (SSSR count). The first-order valence-electron chi connectivity index (χ1n) is 9.95. The summed E-state index contributed by atoms with van der Waals surface area (Å²) in [6.07, 6.45) is 1.56. The summed E-state index contributed by atoms with van der Waals surface area (Å²) >= 11 is 0. The fourth-order valence-corrected chi connectivity index (χ4v) is 3.68. The van der Waals surface area contributed by atoms with Gasteiger partial charge in [0.25, 0.3) is 5.91 Å². The lowest BCUT2D eigenvalue weighted by Crippen LogP contribution is -2.40. The van der Waals surface area contributed by atoms with Gasteiger partial charge >= 0.3 is 0 Å². The van der Waals surface area contributed by atoms with Crippen molar-refractivity contribution in [1.29, 1.82) is 0 Å². The first kappa shape index (κ1) is 18.5. The fourth-order valence-electron chi connectivity index (χ4n) is 3.68. The Kier molecular flexibility index (Phi) is 4.96. The van der Waals surface area contributed by atoms with Gasteiger partial charge in [-0.1, -0.05) is 23.4 Å². The number of carbonyl (C=O) groups is 1. The number of piperidine rings is 1. The summed E-state index contributed by atoms with van der Waals surface area (Å²) in [4.78, 5) is 18.8. The normalized spacial score (nSPS) is 15.9. The van der Waals surface area contributed by atoms with Crippen LogP contribution in [0.2, 0.25) is 0 Å². The Labute approximate surface area is 173 Å². The number of likely N-dealkylation sites (tertiary alicyclic amines) is 1. The number of aromatic nitrogens is 2. The number of nitrogens with zero attached hydrogens (tertiary/aromatic N) is 3. The van der Waals surface area contributed by atoms with E-state index in [0.717, 1.165) is 24.2 Å². The Balaban J connectivity index is 1.17. The van der Waals surface area contributed by atoms with Gasteiger partial charge in [-0.2, -0.15) is 4.98 Å². The van der Waals surface area contributed by atoms with Gasteiger partial charge in [-0.3, -0.25) is 4.79 Å². The maximum absolute atomic E-state index is 12.4. The predicted octanol–water partition coefficient (Wildman–Crippen LogP) is 3.25. The van der Waals surface area contributed by atoms with Crippen molar-refractivity contribution in [3.63, 3.8) is 0 Å². The third kappa shape index (κ3) is 3.80. The SMILES string of the molecule is O=C(COc1ccccc1)N1CCC(c2nc(-c3ccc4c(c3)OCO4)no2)CC1. The van der Waals surface area contributed by atoms with Gasteiger partial charge in [0.05, 0.1) is 0 Å². The lowest BCUT2D eigenvalue weighted by Gasteiger charge is -2.30. The highest BCUT2D eigenvalue weighted by atomic mass is 16.7. The van der Waals surface area contributed by atoms with E-state index in [1.807, 2.05) is 53.4 Å². The third-order valence-corrected chi connectivity index (χ3v) is 5.37. The second-order valence-corrected chi connectivity index (χ2v) is 7.28. The van der Waals surface area contributed by atoms with Gasteiger partial charge in [-0.15, -0.1) is 0 Å². The molecule has 8 heteroatoms. The van der Waals surface area contributed by atoms with Crippen LogP contribution in [-0.2, 0) is 4.79 Å². The zero-order valence-electron chi connectivity index (χ0n) is 16.3. The molecule has 8 nitrogen and oxygen atoms in total. The zero-order chi connectivity index (χ0) is 20.3. The van der Waals surface area contributed by atoms with E-state index in [0.29, 0.717) is 36.3 Å². The average Bonchev–Trinajstić information content (AvgIpc) is 3.47. The van der Waals surface area contributed by atoms with Crippen molar-refractivity contribution in [2.45, 2.75) is 18.8 Å². The van der Waals surface area contributed by atoms with E-state index < -0.39 is 0 Å². The van der Waals surface area contributed by atoms with Crippen LogP contribution in [0.4, 0.5) is 0 Å². The summed E-state index contributed by atoms with van der Waals surface area (Å²) in [6.45, 7) is 1.56. The van der Waals surface area contributed by atoms with Crippen LogP contribution in [0.25, 0.3) is 11.4 Å². The van der Waals surface area contributed by atoms with Gasteiger partial charge in [-0.05, 0) is 43.2 Å². The minimum Gasteiger partial charge on any atom is -0.484 e. The number of fused-ring (bicyclic) bond motifs is 1. The molecule has 0 N–H and O–H groups in total. The number of hydrogen-bond donors (Lipinski definition) is 0. The zero-order valence-corrected chi connectivity index (χ0v) is 16.3. The summed E-state index contributed by atoms with van der Waals surface area (Å²) in [7, 11) is 0. The van der Waals surface area contributed by atoms with Gasteiger partial charge in [0, 0.05) is 24.6 Å². The van der Waals surface area contributed by atoms with E-state index >= 15 is 0 Å². The van der Waals surface area contributed by atoms with Crippen molar-refractivity contribution in [2.75, 3.05) is 26.5 Å². The Morgan fingerprint density at radius 2 is 1.87 bits per heavy atom. The molecule has 2 aliphatic rings. The number of hydrogen-bond acceptors (Lipinski definition) is 7. The van der Waals surface area contributed by atoms with Crippen molar-refractivity contribution >= 4 is 5.91 Å². The Bertz CT molecular complexity index is 1030. The van der Waals surface area contributed by atoms with Crippen molar-refractivity contribution in [1.82, 2.24) is 15.0 Å². The minimum atomic E-state index is -0.0103. The molecule has 0 saturated carbocycles. The lowest BCUT2D eigenvalue weighted by atomic mass is 9.97. The highest BCUT2D eigenvalue weighted by Gasteiger charge is 2.28. The van der Waals surface area contributed by atoms with Crippen molar-refractivity contribution in [3.05, 3.63) is 54.4 Å². The van der Waals surface area contributed by atoms with E-state index in [2.05, 4.69) is 10.1 Å². The van der Waals surface area contributed by atoms with Crippen LogP contribution in [-0.4, -0.2) is 47.4 Å². The maximum Gasteiger partial charge on any atom is 0.260 e. The van der Waals surface area contributed by atoms with E-state index in [9.17, 15) is 4.79 Å². The highest BCUT2D eigenvalue weighted by molar-refractivity contribution is 5.77. The van der Waals surface area contributed by atoms with Gasteiger partial charge in [0.2, 0.25) is 18.5 Å². The second-order valence-electron chi connectivity index (χ2n) is 7.28. The molecule has 2 aromatic carbocycles. The van der Waals surface area contributed by atoms with Crippen LogP contribution in [0.15, 0.2) is 53.1 Å². The molecule has 3 aromatic rings. The molecule has 30 heavy (non-hydrogen) atoms. The Morgan fingerprint density at radius 3 is 2.70 bits per heavy atom. The summed E-state index contributed by atoms with van der Waals surface area (Å²) in [5.74, 6) is 3.36. The van der Waals surface area contributed by atoms with Gasteiger partial charge in [0.15, 0.2) is 18.1 Å². The fraction of sp³-hybridized carbons (Fsp3) is 0.318. The molecule has 0 bridgehead atoms. The molecule has 1 aromatic heterocycles. The summed E-state index contributed by atoms with van der Waals surface area (Å²) in [5.41, 5.74) is 0.819. The number of carbonyl (C=O) groups excluding carboxylic acids is 1. The lowest BCUT2D eigenvalue weighted by molar-refractivity contribution is -0.134. The van der Waals surface area contributed by atoms with Crippen LogP contribution >= 0.6 is 0 Å². The molecule has 0 atom stereocenters. The van der Waals surface area contributed by atoms with Crippen LogP contribution in [0.1, 0.15) is 24.7 Å². The number of benzene rings is 2. The van der Waals surface area contributed by atoms with E-state index in [1.54, 1.807) is 0 Å². The van der Waals surface area contributed by atoms with Crippen molar-refractivity contribution in [2.24, 2.45) is 0 Å². The van der Waals surface area contributed by atoms with Gasteiger partial charge < -0.3 is 23.6 Å². The molecule has 0 spiro atoms. The summed E-state index contributed by atoms with van der Waals surface area (Å²) in [5, 5.41) is 4.12. The molecule has 1 fully saturated rings. The number of amides is 1. The van der Waals surface area contributed by atoms with Crippen LogP contribution in [0, 0.1) is 0 Å². The minimum absolute atomic E-state index is 0.0103. The second kappa shape index (κ2) is 8.06. The largest absolute Gasteiger partial charge is 0.484 e. The molecule has 154 valence electrons. The summed E-state index contributed by atoms with van der Waals surface area (Å²) in [6, 6.07) is 14.9. The quantitative estimate of drug-likeness (QED) is 0.642. The topological polar surface area (TPSA) is 86.9 Å². The molecule has 1 saturated heterocycles. The van der Waals surface area contributed by atoms with Crippen molar-refractivity contribution < 1.29 is 23.5 Å². The summed E-state index contributed by atoms with van der Waals surface area (Å²) < 4.78 is 21.8. The smallest absolute Gasteiger partial charge is 0.260 e. The molecule has 0 radical (unpaired) electrons. The highest BCUT2D eigenvalue weighted by Crippen LogP contribution is 2.36. The predicted molar refractivity (Wildman–Crippen MR) is 106 cm³/mol. The number of rotatable bonds is 5. The van der Waals surface area contributed by atoms with Crippen LogP contribution in [0.3, 0.4) is 0 Å². The molecule has 0 unspecified atom stereocenters. The van der Waals surface area contributed by atoms with Gasteiger partial charge in [-0.25, -0.2) is 0 Å². The first-order valence-corrected chi connectivity index (χ1v) is 9.95. The molecule has 0 aliphatic carbocycles. The van der Waals surface area contributed by atoms with Gasteiger partial charge in [0.1, 0.15) is 5.75 Å². The first-order chi connectivity index (χ1) is 14.8. The van der Waals surface area contributed by atoms with E-state index in [-0.39, 0.29) is 25.2 Å². The molecular weight excluding hydrogens is 386 g/mol. The number of ether oxygens (including phenoxy) is 3. The Hall–Kier alpha value is -3.55. The monoisotopic (exact) mass is 407 g/mol. The van der Waals surface area contributed by atoms with Crippen LogP contribution < -0.4 is 14.2 Å². The molecular formula is C22H21N3O5. The van der Waals surface area contributed by atoms with Crippen LogP contribution in [0.5, 0.6) is 17.2 Å².